The lowest BCUT2D eigenvalue weighted by Crippen LogP contribution is -2.48. The normalized spacial score (nSPS) is 15.2. The van der Waals surface area contributed by atoms with E-state index in [1.165, 1.54) is 0 Å². The van der Waals surface area contributed by atoms with Gasteiger partial charge in [-0.15, -0.1) is 0 Å². The minimum absolute atomic E-state index is 0.108. The fourth-order valence-corrected chi connectivity index (χ4v) is 1.43. The summed E-state index contributed by atoms with van der Waals surface area (Å²) in [6.45, 7) is 9.12. The van der Waals surface area contributed by atoms with Crippen LogP contribution in [0.25, 0.3) is 0 Å². The number of ether oxygens (including phenoxy) is 1. The second kappa shape index (κ2) is 8.44. The monoisotopic (exact) mass is 246 g/mol. The number of nitrogens with two attached hydrogens (primary N) is 1. The Balaban J connectivity index is 3.81. The number of nitrogens with one attached hydrogen (secondary N) is 1. The topological polar surface area (TPSA) is 84.6 Å². The fraction of sp³-hybridized carbons (Fsp3) is 0.917. The zero-order chi connectivity index (χ0) is 13.4. The predicted octanol–water partition coefficient (Wildman–Crippen LogP) is 0.119. The van der Waals surface area contributed by atoms with Crippen molar-refractivity contribution in [1.29, 1.82) is 0 Å². The molecule has 0 aromatic heterocycles. The second-order valence-electron chi connectivity index (χ2n) is 5.12. The van der Waals surface area contributed by atoms with E-state index in [-0.39, 0.29) is 12.5 Å². The minimum atomic E-state index is -0.616. The third-order valence-corrected chi connectivity index (χ3v) is 2.31. The standard InChI is InChI=1S/C12H26N2O3/c1-8(2)6-17-7-10(15)5-14-11(9(3)4)12(13)16/h8-11,14-15H,5-7H2,1-4H3,(H2,13,16). The molecule has 0 radical (unpaired) electrons. The molecule has 0 saturated carbocycles. The summed E-state index contributed by atoms with van der Waals surface area (Å²) >= 11 is 0. The van der Waals surface area contributed by atoms with Crippen LogP contribution in [0.5, 0.6) is 0 Å². The van der Waals surface area contributed by atoms with Gasteiger partial charge in [-0.3, -0.25) is 4.79 Å². The van der Waals surface area contributed by atoms with Crippen LogP contribution in [0.2, 0.25) is 0 Å². The molecule has 102 valence electrons. The van der Waals surface area contributed by atoms with Crippen molar-refractivity contribution in [2.45, 2.75) is 39.8 Å². The molecule has 0 rings (SSSR count). The van der Waals surface area contributed by atoms with Crippen LogP contribution in [0.15, 0.2) is 0 Å². The van der Waals surface area contributed by atoms with Gasteiger partial charge in [-0.2, -0.15) is 0 Å². The maximum absolute atomic E-state index is 11.1. The van der Waals surface area contributed by atoms with Crippen molar-refractivity contribution < 1.29 is 14.6 Å². The molecular formula is C12H26N2O3. The van der Waals surface area contributed by atoms with Crippen molar-refractivity contribution in [3.63, 3.8) is 0 Å². The SMILES string of the molecule is CC(C)COCC(O)CNC(C(N)=O)C(C)C. The number of amides is 1. The molecule has 0 fully saturated rings. The molecule has 0 aromatic carbocycles. The lowest BCUT2D eigenvalue weighted by atomic mass is 10.0. The van der Waals surface area contributed by atoms with E-state index in [0.717, 1.165) is 0 Å². The van der Waals surface area contributed by atoms with Gasteiger partial charge in [-0.05, 0) is 11.8 Å². The Morgan fingerprint density at radius 3 is 2.29 bits per heavy atom. The van der Waals surface area contributed by atoms with Crippen LogP contribution in [-0.2, 0) is 9.53 Å². The average Bonchev–Trinajstić information content (AvgIpc) is 2.15. The van der Waals surface area contributed by atoms with Crippen LogP contribution in [0.3, 0.4) is 0 Å². The first-order chi connectivity index (χ1) is 7.84. The molecule has 1 amide bonds. The number of primary amides is 1. The Morgan fingerprint density at radius 1 is 1.29 bits per heavy atom. The summed E-state index contributed by atoms with van der Waals surface area (Å²) in [6, 6.07) is -0.408. The van der Waals surface area contributed by atoms with Gasteiger partial charge in [-0.1, -0.05) is 27.7 Å². The third kappa shape index (κ3) is 8.12. The Labute approximate surface area is 104 Å². The molecule has 17 heavy (non-hydrogen) atoms. The molecule has 0 aliphatic heterocycles. The Hall–Kier alpha value is -0.650. The molecule has 0 saturated heterocycles. The van der Waals surface area contributed by atoms with E-state index in [1.807, 2.05) is 27.7 Å². The van der Waals surface area contributed by atoms with Crippen molar-refractivity contribution in [2.75, 3.05) is 19.8 Å². The van der Waals surface area contributed by atoms with Crippen LogP contribution in [0.4, 0.5) is 0 Å². The molecule has 5 nitrogen and oxygen atoms in total. The van der Waals surface area contributed by atoms with Crippen LogP contribution in [-0.4, -0.2) is 42.9 Å². The van der Waals surface area contributed by atoms with E-state index in [9.17, 15) is 9.90 Å². The fourth-order valence-electron chi connectivity index (χ4n) is 1.43. The van der Waals surface area contributed by atoms with E-state index in [2.05, 4.69) is 5.32 Å². The lowest BCUT2D eigenvalue weighted by molar-refractivity contribution is -0.121. The molecule has 0 aliphatic carbocycles. The number of carbonyl (C=O) groups is 1. The van der Waals surface area contributed by atoms with E-state index in [4.69, 9.17) is 10.5 Å². The predicted molar refractivity (Wildman–Crippen MR) is 67.5 cm³/mol. The molecule has 0 heterocycles. The first-order valence-electron chi connectivity index (χ1n) is 6.13. The number of carbonyl (C=O) groups excluding carboxylic acids is 1. The molecule has 5 heteroatoms. The number of rotatable bonds is 9. The lowest BCUT2D eigenvalue weighted by Gasteiger charge is -2.21. The van der Waals surface area contributed by atoms with Crippen LogP contribution in [0, 0.1) is 11.8 Å². The first-order valence-corrected chi connectivity index (χ1v) is 6.13. The van der Waals surface area contributed by atoms with Gasteiger partial charge in [0, 0.05) is 13.2 Å². The quantitative estimate of drug-likeness (QED) is 0.539. The van der Waals surface area contributed by atoms with Crippen molar-refractivity contribution in [1.82, 2.24) is 5.32 Å². The summed E-state index contributed by atoms with van der Waals surface area (Å²) in [6.07, 6.45) is -0.616. The van der Waals surface area contributed by atoms with Crippen LogP contribution >= 0.6 is 0 Å². The summed E-state index contributed by atoms with van der Waals surface area (Å²) in [5.41, 5.74) is 5.25. The number of aliphatic hydroxyl groups is 1. The highest BCUT2D eigenvalue weighted by Gasteiger charge is 2.19. The molecule has 0 aromatic rings. The first kappa shape index (κ1) is 16.4. The molecule has 0 bridgehead atoms. The highest BCUT2D eigenvalue weighted by atomic mass is 16.5. The summed E-state index contributed by atoms with van der Waals surface area (Å²) in [5, 5.41) is 12.6. The zero-order valence-corrected chi connectivity index (χ0v) is 11.3. The zero-order valence-electron chi connectivity index (χ0n) is 11.3. The van der Waals surface area contributed by atoms with Crippen LogP contribution in [0.1, 0.15) is 27.7 Å². The maximum atomic E-state index is 11.1. The number of hydrogen-bond acceptors (Lipinski definition) is 4. The average molecular weight is 246 g/mol. The van der Waals surface area contributed by atoms with E-state index in [0.29, 0.717) is 19.1 Å². The summed E-state index contributed by atoms with van der Waals surface area (Å²) < 4.78 is 5.30. The molecular weight excluding hydrogens is 220 g/mol. The van der Waals surface area contributed by atoms with Gasteiger partial charge >= 0.3 is 0 Å². The second-order valence-corrected chi connectivity index (χ2v) is 5.12. The summed E-state index contributed by atoms with van der Waals surface area (Å²) in [4.78, 5) is 11.1. The third-order valence-electron chi connectivity index (χ3n) is 2.31. The van der Waals surface area contributed by atoms with Crippen molar-refractivity contribution >= 4 is 5.91 Å². The minimum Gasteiger partial charge on any atom is -0.389 e. The Kier molecular flexibility index (Phi) is 8.12. The highest BCUT2D eigenvalue weighted by Crippen LogP contribution is 2.01. The van der Waals surface area contributed by atoms with Gasteiger partial charge in [0.2, 0.25) is 5.91 Å². The Bertz CT molecular complexity index is 220. The van der Waals surface area contributed by atoms with Crippen molar-refractivity contribution in [3.05, 3.63) is 0 Å². The van der Waals surface area contributed by atoms with Gasteiger partial charge in [-0.25, -0.2) is 0 Å². The van der Waals surface area contributed by atoms with Crippen molar-refractivity contribution in [2.24, 2.45) is 17.6 Å². The largest absolute Gasteiger partial charge is 0.389 e. The van der Waals surface area contributed by atoms with E-state index < -0.39 is 18.1 Å². The van der Waals surface area contributed by atoms with E-state index >= 15 is 0 Å². The molecule has 2 unspecified atom stereocenters. The van der Waals surface area contributed by atoms with Gasteiger partial charge in [0.15, 0.2) is 0 Å². The highest BCUT2D eigenvalue weighted by molar-refractivity contribution is 5.80. The van der Waals surface area contributed by atoms with Crippen LogP contribution < -0.4 is 11.1 Å². The molecule has 4 N–H and O–H groups in total. The van der Waals surface area contributed by atoms with Gasteiger partial charge in [0.1, 0.15) is 0 Å². The Morgan fingerprint density at radius 2 is 1.88 bits per heavy atom. The van der Waals surface area contributed by atoms with Gasteiger partial charge < -0.3 is 20.9 Å². The molecule has 0 aliphatic rings. The van der Waals surface area contributed by atoms with Gasteiger partial charge in [0.25, 0.3) is 0 Å². The summed E-state index contributed by atoms with van der Waals surface area (Å²) in [5.74, 6) is 0.163. The smallest absolute Gasteiger partial charge is 0.234 e. The van der Waals surface area contributed by atoms with E-state index in [1.54, 1.807) is 0 Å². The van der Waals surface area contributed by atoms with Gasteiger partial charge in [0.05, 0.1) is 18.8 Å². The number of aliphatic hydroxyl groups excluding tert-OH is 1. The molecule has 0 spiro atoms. The van der Waals surface area contributed by atoms with Crippen molar-refractivity contribution in [3.8, 4) is 0 Å². The maximum Gasteiger partial charge on any atom is 0.234 e. The number of hydrogen-bond donors (Lipinski definition) is 3. The summed E-state index contributed by atoms with van der Waals surface area (Å²) in [7, 11) is 0. The molecule has 2 atom stereocenters.